The second-order valence-electron chi connectivity index (χ2n) is 4.28. The monoisotopic (exact) mass is 434 g/mol. The smallest absolute Gasteiger partial charge is 0.147 e. The van der Waals surface area contributed by atoms with Crippen molar-refractivity contribution in [3.05, 3.63) is 62.5 Å². The van der Waals surface area contributed by atoms with E-state index in [1.54, 1.807) is 0 Å². The molecule has 21 heavy (non-hydrogen) atoms. The van der Waals surface area contributed by atoms with Crippen molar-refractivity contribution in [1.29, 1.82) is 0 Å². The van der Waals surface area contributed by atoms with Gasteiger partial charge in [-0.2, -0.15) is 0 Å². The second kappa shape index (κ2) is 7.51. The summed E-state index contributed by atoms with van der Waals surface area (Å²) in [5.74, 6) is -1.46. The summed E-state index contributed by atoms with van der Waals surface area (Å²) >= 11 is 7.66. The maximum Gasteiger partial charge on any atom is 0.147 e. The number of carbonyl (C=O) groups is 1. The Hall–Kier alpha value is -0.720. The number of Topliss-reactive ketones (excluding diaryl/α,β-unsaturated/α-hetero) is 1. The first-order chi connectivity index (χ1) is 9.97. The van der Waals surface area contributed by atoms with Crippen LogP contribution in [0.25, 0.3) is 0 Å². The summed E-state index contributed by atoms with van der Waals surface area (Å²) in [6.45, 7) is 0. The van der Waals surface area contributed by atoms with Crippen molar-refractivity contribution in [2.75, 3.05) is 5.75 Å². The van der Waals surface area contributed by atoms with Crippen molar-refractivity contribution in [3.8, 4) is 0 Å². The molecule has 0 fully saturated rings. The fraction of sp³-hybridized carbons (Fsp3) is 0.133. The Kier molecular flexibility index (Phi) is 5.96. The van der Waals surface area contributed by atoms with Gasteiger partial charge in [-0.1, -0.05) is 15.9 Å². The predicted octanol–water partition coefficient (Wildman–Crippen LogP) is 5.39. The molecule has 0 aliphatic carbocycles. The molecule has 0 atom stereocenters. The molecule has 0 saturated heterocycles. The van der Waals surface area contributed by atoms with Gasteiger partial charge in [0, 0.05) is 21.4 Å². The second-order valence-corrected chi connectivity index (χ2v) is 7.10. The van der Waals surface area contributed by atoms with E-state index in [1.165, 1.54) is 17.8 Å². The van der Waals surface area contributed by atoms with Crippen molar-refractivity contribution < 1.29 is 13.6 Å². The van der Waals surface area contributed by atoms with Crippen LogP contribution in [0.4, 0.5) is 8.78 Å². The van der Waals surface area contributed by atoms with Gasteiger partial charge in [-0.05, 0) is 52.3 Å². The van der Waals surface area contributed by atoms with Gasteiger partial charge in [0.2, 0.25) is 0 Å². The van der Waals surface area contributed by atoms with Crippen molar-refractivity contribution in [2.24, 2.45) is 0 Å². The van der Waals surface area contributed by atoms with Gasteiger partial charge in [0.05, 0.1) is 10.2 Å². The summed E-state index contributed by atoms with van der Waals surface area (Å²) in [4.78, 5) is 12.8. The van der Waals surface area contributed by atoms with E-state index in [0.29, 0.717) is 0 Å². The molecule has 6 heteroatoms. The molecule has 2 aromatic carbocycles. The summed E-state index contributed by atoms with van der Waals surface area (Å²) in [7, 11) is 0. The molecule has 0 aromatic heterocycles. The highest BCUT2D eigenvalue weighted by atomic mass is 79.9. The first-order valence-corrected chi connectivity index (χ1v) is 8.57. The molecule has 0 amide bonds. The van der Waals surface area contributed by atoms with Gasteiger partial charge in [0.1, 0.15) is 17.4 Å². The SMILES string of the molecule is O=C(CSc1ccc(Br)cc1)Cc1c(F)ccc(Br)c1F. The van der Waals surface area contributed by atoms with Crippen molar-refractivity contribution in [3.63, 3.8) is 0 Å². The minimum Gasteiger partial charge on any atom is -0.298 e. The van der Waals surface area contributed by atoms with Gasteiger partial charge < -0.3 is 0 Å². The van der Waals surface area contributed by atoms with E-state index in [-0.39, 0.29) is 28.0 Å². The Balaban J connectivity index is 1.99. The van der Waals surface area contributed by atoms with Crippen LogP contribution in [-0.4, -0.2) is 11.5 Å². The molecular weight excluding hydrogens is 426 g/mol. The van der Waals surface area contributed by atoms with Gasteiger partial charge in [0.15, 0.2) is 0 Å². The van der Waals surface area contributed by atoms with Gasteiger partial charge in [-0.3, -0.25) is 4.79 Å². The summed E-state index contributed by atoms with van der Waals surface area (Å²) in [5, 5.41) is 0. The summed E-state index contributed by atoms with van der Waals surface area (Å²) in [5.41, 5.74) is -0.189. The van der Waals surface area contributed by atoms with E-state index in [0.717, 1.165) is 15.4 Å². The third-order valence-corrected chi connectivity index (χ3v) is 4.94. The van der Waals surface area contributed by atoms with E-state index in [1.807, 2.05) is 24.3 Å². The van der Waals surface area contributed by atoms with Crippen LogP contribution in [0.3, 0.4) is 0 Å². The van der Waals surface area contributed by atoms with Gasteiger partial charge >= 0.3 is 0 Å². The molecule has 1 nitrogen and oxygen atoms in total. The van der Waals surface area contributed by atoms with E-state index >= 15 is 0 Å². The maximum atomic E-state index is 13.8. The van der Waals surface area contributed by atoms with Crippen molar-refractivity contribution in [1.82, 2.24) is 0 Å². The number of rotatable bonds is 5. The molecule has 2 rings (SSSR count). The lowest BCUT2D eigenvalue weighted by Gasteiger charge is -2.06. The zero-order valence-corrected chi connectivity index (χ0v) is 14.7. The normalized spacial score (nSPS) is 10.7. The Bertz CT molecular complexity index is 659. The average molecular weight is 436 g/mol. The Morgan fingerprint density at radius 2 is 1.71 bits per heavy atom. The Morgan fingerprint density at radius 1 is 1.05 bits per heavy atom. The first kappa shape index (κ1) is 16.6. The van der Waals surface area contributed by atoms with Crippen molar-refractivity contribution in [2.45, 2.75) is 11.3 Å². The number of hydrogen-bond acceptors (Lipinski definition) is 2. The van der Waals surface area contributed by atoms with Crippen LogP contribution in [0, 0.1) is 11.6 Å². The average Bonchev–Trinajstić information content (AvgIpc) is 2.47. The van der Waals surface area contributed by atoms with E-state index in [2.05, 4.69) is 31.9 Å². The molecule has 0 N–H and O–H groups in total. The zero-order valence-electron chi connectivity index (χ0n) is 10.7. The zero-order chi connectivity index (χ0) is 15.4. The Labute approximate surface area is 142 Å². The number of halogens is 4. The molecule has 110 valence electrons. The lowest BCUT2D eigenvalue weighted by atomic mass is 10.1. The van der Waals surface area contributed by atoms with Gasteiger partial charge in [0.25, 0.3) is 0 Å². The van der Waals surface area contributed by atoms with Gasteiger partial charge in [-0.25, -0.2) is 8.78 Å². The highest BCUT2D eigenvalue weighted by molar-refractivity contribution is 9.10. The topological polar surface area (TPSA) is 17.1 Å². The van der Waals surface area contributed by atoms with Crippen LogP contribution in [0.1, 0.15) is 5.56 Å². The molecule has 0 heterocycles. The number of ketones is 1. The summed E-state index contributed by atoms with van der Waals surface area (Å²) in [6, 6.07) is 9.94. The number of thioether (sulfide) groups is 1. The molecule has 0 aliphatic heterocycles. The summed E-state index contributed by atoms with van der Waals surface area (Å²) < 4.78 is 28.5. The highest BCUT2D eigenvalue weighted by Gasteiger charge is 2.16. The number of benzene rings is 2. The molecule has 0 aliphatic rings. The third kappa shape index (κ3) is 4.63. The lowest BCUT2D eigenvalue weighted by molar-refractivity contribution is -0.116. The fourth-order valence-corrected chi connectivity index (χ4v) is 3.07. The molecule has 0 spiro atoms. The van der Waals surface area contributed by atoms with Crippen LogP contribution < -0.4 is 0 Å². The van der Waals surface area contributed by atoms with Crippen LogP contribution in [0.2, 0.25) is 0 Å². The first-order valence-electron chi connectivity index (χ1n) is 6.00. The standard InChI is InChI=1S/C15H10Br2F2OS/c16-9-1-3-11(4-2-9)21-8-10(20)7-12-14(18)6-5-13(17)15(12)19/h1-6H,7-8H2. The van der Waals surface area contributed by atoms with Crippen molar-refractivity contribution >= 4 is 49.4 Å². The molecular formula is C15H10Br2F2OS. The van der Waals surface area contributed by atoms with E-state index < -0.39 is 11.6 Å². The molecule has 0 unspecified atom stereocenters. The highest BCUT2D eigenvalue weighted by Crippen LogP contribution is 2.24. The number of carbonyl (C=O) groups excluding carboxylic acids is 1. The third-order valence-electron chi connectivity index (χ3n) is 2.73. The summed E-state index contributed by atoms with van der Waals surface area (Å²) in [6.07, 6.45) is -0.249. The van der Waals surface area contributed by atoms with Crippen LogP contribution in [0.5, 0.6) is 0 Å². The molecule has 0 radical (unpaired) electrons. The largest absolute Gasteiger partial charge is 0.298 e. The van der Waals surface area contributed by atoms with E-state index in [9.17, 15) is 13.6 Å². The van der Waals surface area contributed by atoms with E-state index in [4.69, 9.17) is 0 Å². The quantitative estimate of drug-likeness (QED) is 0.462. The number of hydrogen-bond donors (Lipinski definition) is 0. The molecule has 2 aromatic rings. The molecule has 0 saturated carbocycles. The predicted molar refractivity (Wildman–Crippen MR) is 87.6 cm³/mol. The minimum atomic E-state index is -0.711. The van der Waals surface area contributed by atoms with Gasteiger partial charge in [-0.15, -0.1) is 11.8 Å². The van der Waals surface area contributed by atoms with Crippen LogP contribution >= 0.6 is 43.6 Å². The maximum absolute atomic E-state index is 13.8. The Morgan fingerprint density at radius 3 is 2.38 bits per heavy atom. The molecule has 0 bridgehead atoms. The fourth-order valence-electron chi connectivity index (χ4n) is 1.67. The van der Waals surface area contributed by atoms with Crippen LogP contribution in [-0.2, 0) is 11.2 Å². The van der Waals surface area contributed by atoms with Crippen LogP contribution in [0.15, 0.2) is 50.2 Å². The lowest BCUT2D eigenvalue weighted by Crippen LogP contribution is -2.09. The minimum absolute atomic E-state index is 0.160.